The number of pyridine rings is 1. The van der Waals surface area contributed by atoms with Crippen molar-refractivity contribution in [1.82, 2.24) is 4.98 Å². The molecule has 1 atom stereocenters. The molecule has 152 valence electrons. The van der Waals surface area contributed by atoms with E-state index in [1.807, 2.05) is 19.1 Å². The minimum Gasteiger partial charge on any atom is -0.325 e. The number of rotatable bonds is 3. The Bertz CT molecular complexity index is 1180. The lowest BCUT2D eigenvalue weighted by Gasteiger charge is -2.24. The number of aryl methyl sites for hydroxylation is 3. The predicted octanol–water partition coefficient (Wildman–Crippen LogP) is 5.06. The topological polar surface area (TPSA) is 48.5 Å². The van der Waals surface area contributed by atoms with E-state index in [9.17, 15) is 9.18 Å². The van der Waals surface area contributed by atoms with Crippen LogP contribution in [0.5, 0.6) is 0 Å². The van der Waals surface area contributed by atoms with Gasteiger partial charge in [0.05, 0.1) is 23.0 Å². The molecule has 0 saturated carbocycles. The van der Waals surface area contributed by atoms with Crippen LogP contribution < -0.4 is 10.6 Å². The maximum absolute atomic E-state index is 14.6. The van der Waals surface area contributed by atoms with Gasteiger partial charge in [0.15, 0.2) is 0 Å². The number of aromatic nitrogens is 1. The van der Waals surface area contributed by atoms with Gasteiger partial charge in [0.2, 0.25) is 0 Å². The predicted molar refractivity (Wildman–Crippen MR) is 118 cm³/mol. The average Bonchev–Trinajstić information content (AvgIpc) is 3.19. The van der Waals surface area contributed by atoms with Crippen molar-refractivity contribution in [1.29, 1.82) is 0 Å². The average molecular weight is 401 g/mol. The summed E-state index contributed by atoms with van der Waals surface area (Å²) in [6.07, 6.45) is 4.70. The molecule has 1 N–H and O–H groups in total. The van der Waals surface area contributed by atoms with Crippen LogP contribution in [0.4, 0.5) is 10.1 Å². The SMILES string of the molecule is Cc1ccc(C2CC(c3cc4c([nH]c3=O)CCCC4)=NN2c2ccccc2F)cc1. The summed E-state index contributed by atoms with van der Waals surface area (Å²) >= 11 is 0. The fourth-order valence-electron chi connectivity index (χ4n) is 4.47. The zero-order valence-corrected chi connectivity index (χ0v) is 17.0. The van der Waals surface area contributed by atoms with Crippen molar-refractivity contribution < 1.29 is 4.39 Å². The van der Waals surface area contributed by atoms with E-state index in [1.54, 1.807) is 17.1 Å². The number of fused-ring (bicyclic) bond motifs is 1. The number of nitrogens with one attached hydrogen (secondary N) is 1. The Balaban J connectivity index is 1.60. The van der Waals surface area contributed by atoms with Crippen LogP contribution in [0.15, 0.2) is 64.5 Å². The lowest BCUT2D eigenvalue weighted by atomic mass is 9.92. The molecule has 1 aliphatic carbocycles. The first-order chi connectivity index (χ1) is 14.6. The third-order valence-corrected chi connectivity index (χ3v) is 6.12. The van der Waals surface area contributed by atoms with E-state index in [4.69, 9.17) is 5.10 Å². The number of benzene rings is 2. The molecule has 0 spiro atoms. The van der Waals surface area contributed by atoms with Gasteiger partial charge < -0.3 is 4.98 Å². The van der Waals surface area contributed by atoms with Crippen molar-refractivity contribution in [3.63, 3.8) is 0 Å². The number of aromatic amines is 1. The summed E-state index contributed by atoms with van der Waals surface area (Å²) in [6, 6.07) is 16.7. The summed E-state index contributed by atoms with van der Waals surface area (Å²) in [5.74, 6) is -0.320. The Hall–Kier alpha value is -3.21. The van der Waals surface area contributed by atoms with Crippen molar-refractivity contribution in [2.24, 2.45) is 5.10 Å². The van der Waals surface area contributed by atoms with E-state index in [1.165, 1.54) is 17.2 Å². The zero-order chi connectivity index (χ0) is 20.7. The number of hydrazone groups is 1. The molecule has 0 radical (unpaired) electrons. The molecule has 0 amide bonds. The maximum atomic E-state index is 14.6. The highest BCUT2D eigenvalue weighted by molar-refractivity contribution is 6.03. The van der Waals surface area contributed by atoms with Crippen molar-refractivity contribution >= 4 is 11.4 Å². The van der Waals surface area contributed by atoms with Crippen LogP contribution in [0.3, 0.4) is 0 Å². The Morgan fingerprint density at radius 1 is 1.07 bits per heavy atom. The lowest BCUT2D eigenvalue weighted by Crippen LogP contribution is -2.22. The Labute approximate surface area is 175 Å². The quantitative estimate of drug-likeness (QED) is 0.667. The summed E-state index contributed by atoms with van der Waals surface area (Å²) in [4.78, 5) is 15.9. The molecule has 1 unspecified atom stereocenters. The van der Waals surface area contributed by atoms with Gasteiger partial charge in [-0.3, -0.25) is 9.80 Å². The summed E-state index contributed by atoms with van der Waals surface area (Å²) < 4.78 is 14.6. The fourth-order valence-corrected chi connectivity index (χ4v) is 4.47. The number of hydrogen-bond donors (Lipinski definition) is 1. The number of halogens is 1. The third-order valence-electron chi connectivity index (χ3n) is 6.12. The molecule has 2 heterocycles. The van der Waals surface area contributed by atoms with Gasteiger partial charge in [-0.15, -0.1) is 0 Å². The number of anilines is 1. The van der Waals surface area contributed by atoms with E-state index in [0.717, 1.165) is 36.9 Å². The zero-order valence-electron chi connectivity index (χ0n) is 17.0. The monoisotopic (exact) mass is 401 g/mol. The summed E-state index contributed by atoms with van der Waals surface area (Å²) in [6.45, 7) is 2.04. The summed E-state index contributed by atoms with van der Waals surface area (Å²) in [5.41, 5.74) is 6.10. The minimum absolute atomic E-state index is 0.104. The van der Waals surface area contributed by atoms with E-state index in [0.29, 0.717) is 23.4 Å². The van der Waals surface area contributed by atoms with Crippen LogP contribution in [-0.4, -0.2) is 10.7 Å². The van der Waals surface area contributed by atoms with Crippen molar-refractivity contribution in [3.05, 3.63) is 98.7 Å². The smallest absolute Gasteiger partial charge is 0.257 e. The van der Waals surface area contributed by atoms with Gasteiger partial charge in [-0.2, -0.15) is 5.10 Å². The van der Waals surface area contributed by atoms with Crippen LogP contribution in [0, 0.1) is 12.7 Å². The van der Waals surface area contributed by atoms with Gasteiger partial charge >= 0.3 is 0 Å². The van der Waals surface area contributed by atoms with E-state index >= 15 is 0 Å². The first-order valence-electron chi connectivity index (χ1n) is 10.5. The molecule has 0 saturated heterocycles. The molecule has 2 aliphatic rings. The van der Waals surface area contributed by atoms with E-state index in [-0.39, 0.29) is 17.4 Å². The fraction of sp³-hybridized carbons (Fsp3) is 0.280. The first-order valence-corrected chi connectivity index (χ1v) is 10.5. The van der Waals surface area contributed by atoms with Gasteiger partial charge in [-0.1, -0.05) is 42.0 Å². The maximum Gasteiger partial charge on any atom is 0.257 e. The number of para-hydroxylation sites is 1. The van der Waals surface area contributed by atoms with Crippen LogP contribution in [-0.2, 0) is 12.8 Å². The second-order valence-electron chi connectivity index (χ2n) is 8.20. The van der Waals surface area contributed by atoms with Crippen molar-refractivity contribution in [2.45, 2.75) is 45.1 Å². The van der Waals surface area contributed by atoms with Crippen LogP contribution >= 0.6 is 0 Å². The summed E-state index contributed by atoms with van der Waals surface area (Å²) in [7, 11) is 0. The van der Waals surface area contributed by atoms with Crippen LogP contribution in [0.2, 0.25) is 0 Å². The van der Waals surface area contributed by atoms with E-state index < -0.39 is 0 Å². The molecule has 3 aromatic rings. The molecule has 0 bridgehead atoms. The number of hydrogen-bond acceptors (Lipinski definition) is 3. The summed E-state index contributed by atoms with van der Waals surface area (Å²) in [5, 5.41) is 6.50. The minimum atomic E-state index is -0.320. The highest BCUT2D eigenvalue weighted by Gasteiger charge is 2.32. The molecule has 1 aromatic heterocycles. The highest BCUT2D eigenvalue weighted by Crippen LogP contribution is 2.37. The Morgan fingerprint density at radius 2 is 1.83 bits per heavy atom. The Kier molecular flexibility index (Phi) is 4.74. The molecule has 5 rings (SSSR count). The number of H-pyrrole nitrogens is 1. The molecule has 1 aliphatic heterocycles. The molecule has 2 aromatic carbocycles. The number of nitrogens with zero attached hydrogens (tertiary/aromatic N) is 2. The van der Waals surface area contributed by atoms with Crippen molar-refractivity contribution in [3.8, 4) is 0 Å². The van der Waals surface area contributed by atoms with Crippen molar-refractivity contribution in [2.75, 3.05) is 5.01 Å². The van der Waals surface area contributed by atoms with Crippen LogP contribution in [0.1, 0.15) is 53.3 Å². The van der Waals surface area contributed by atoms with Crippen LogP contribution in [0.25, 0.3) is 0 Å². The molecule has 30 heavy (non-hydrogen) atoms. The molecular formula is C25H24FN3O. The third kappa shape index (κ3) is 3.34. The van der Waals surface area contributed by atoms with E-state index in [2.05, 4.69) is 29.2 Å². The Morgan fingerprint density at radius 3 is 2.63 bits per heavy atom. The largest absolute Gasteiger partial charge is 0.325 e. The van der Waals surface area contributed by atoms with Gasteiger partial charge in [0, 0.05) is 12.1 Å². The normalized spacial score (nSPS) is 18.3. The second-order valence-corrected chi connectivity index (χ2v) is 8.20. The first kappa shape index (κ1) is 18.8. The standard InChI is InChI=1S/C25H24FN3O/c1-16-10-12-17(13-11-16)24-15-22(28-29(24)23-9-5-3-7-20(23)26)19-14-18-6-2-4-8-21(18)27-25(19)30/h3,5,7,9-14,24H,2,4,6,8,15H2,1H3,(H,27,30). The van der Waals surface area contributed by atoms with Gasteiger partial charge in [-0.25, -0.2) is 4.39 Å². The molecule has 0 fully saturated rings. The highest BCUT2D eigenvalue weighted by atomic mass is 19.1. The van der Waals surface area contributed by atoms with Gasteiger partial charge in [0.1, 0.15) is 5.82 Å². The lowest BCUT2D eigenvalue weighted by molar-refractivity contribution is 0.606. The van der Waals surface area contributed by atoms with Gasteiger partial charge in [-0.05, 0) is 61.9 Å². The second kappa shape index (κ2) is 7.56. The molecule has 4 nitrogen and oxygen atoms in total. The molecule has 5 heteroatoms. The van der Waals surface area contributed by atoms with Gasteiger partial charge in [0.25, 0.3) is 5.56 Å². The molecular weight excluding hydrogens is 377 g/mol.